The van der Waals surface area contributed by atoms with E-state index in [1.807, 2.05) is 61.0 Å². The van der Waals surface area contributed by atoms with Gasteiger partial charge in [0.1, 0.15) is 4.83 Å². The van der Waals surface area contributed by atoms with E-state index in [9.17, 15) is 9.59 Å². The first-order valence-corrected chi connectivity index (χ1v) is 11.4. The predicted molar refractivity (Wildman–Crippen MR) is 128 cm³/mol. The SMILES string of the molecule is Cc1cc(Br)ccc1NC(=O)CNC(=O)c1cc2c(C)nn(Cc3ccccc3)c2s1. The van der Waals surface area contributed by atoms with Gasteiger partial charge in [-0.25, -0.2) is 0 Å². The molecule has 158 valence electrons. The minimum absolute atomic E-state index is 0.0995. The molecule has 31 heavy (non-hydrogen) atoms. The van der Waals surface area contributed by atoms with Crippen molar-refractivity contribution in [2.45, 2.75) is 20.4 Å². The minimum atomic E-state index is -0.272. The van der Waals surface area contributed by atoms with E-state index in [2.05, 4.69) is 43.8 Å². The van der Waals surface area contributed by atoms with Gasteiger partial charge in [0.25, 0.3) is 5.91 Å². The lowest BCUT2D eigenvalue weighted by Crippen LogP contribution is -2.32. The number of amides is 2. The number of nitrogens with one attached hydrogen (secondary N) is 2. The average Bonchev–Trinajstić information content (AvgIpc) is 3.31. The molecule has 0 spiro atoms. The van der Waals surface area contributed by atoms with Crippen LogP contribution < -0.4 is 10.6 Å². The first-order valence-electron chi connectivity index (χ1n) is 9.76. The van der Waals surface area contributed by atoms with Crippen LogP contribution in [-0.4, -0.2) is 28.1 Å². The molecule has 2 heterocycles. The van der Waals surface area contributed by atoms with Crippen molar-refractivity contribution in [2.24, 2.45) is 0 Å². The zero-order chi connectivity index (χ0) is 22.0. The maximum absolute atomic E-state index is 12.6. The molecular formula is C23H21BrN4O2S. The van der Waals surface area contributed by atoms with Crippen molar-refractivity contribution in [1.82, 2.24) is 15.1 Å². The van der Waals surface area contributed by atoms with Crippen LogP contribution in [0.4, 0.5) is 5.69 Å². The molecule has 2 aromatic carbocycles. The molecule has 0 aliphatic rings. The van der Waals surface area contributed by atoms with Gasteiger partial charge in [-0.15, -0.1) is 11.3 Å². The molecular weight excluding hydrogens is 476 g/mol. The third-order valence-corrected chi connectivity index (χ3v) is 6.52. The Kier molecular flexibility index (Phi) is 6.20. The number of anilines is 1. The summed E-state index contributed by atoms with van der Waals surface area (Å²) in [5.74, 6) is -0.541. The van der Waals surface area contributed by atoms with Crippen molar-refractivity contribution in [2.75, 3.05) is 11.9 Å². The largest absolute Gasteiger partial charge is 0.342 e. The van der Waals surface area contributed by atoms with Crippen LogP contribution >= 0.6 is 27.3 Å². The van der Waals surface area contributed by atoms with Crippen LogP contribution in [0.25, 0.3) is 10.2 Å². The Morgan fingerprint density at radius 2 is 1.87 bits per heavy atom. The monoisotopic (exact) mass is 496 g/mol. The third kappa shape index (κ3) is 4.86. The number of rotatable bonds is 6. The van der Waals surface area contributed by atoms with Crippen molar-refractivity contribution in [1.29, 1.82) is 0 Å². The number of hydrogen-bond donors (Lipinski definition) is 2. The second kappa shape index (κ2) is 9.03. The van der Waals surface area contributed by atoms with Gasteiger partial charge in [0.05, 0.1) is 23.7 Å². The molecule has 0 fully saturated rings. The molecule has 8 heteroatoms. The Morgan fingerprint density at radius 1 is 1.10 bits per heavy atom. The van der Waals surface area contributed by atoms with Crippen LogP contribution in [-0.2, 0) is 11.3 Å². The lowest BCUT2D eigenvalue weighted by molar-refractivity contribution is -0.115. The fourth-order valence-electron chi connectivity index (χ4n) is 3.30. The van der Waals surface area contributed by atoms with Crippen molar-refractivity contribution in [3.63, 3.8) is 0 Å². The Hall–Kier alpha value is -2.97. The van der Waals surface area contributed by atoms with E-state index in [0.717, 1.165) is 37.2 Å². The van der Waals surface area contributed by atoms with Crippen molar-refractivity contribution < 1.29 is 9.59 Å². The molecule has 6 nitrogen and oxygen atoms in total. The number of aryl methyl sites for hydroxylation is 2. The smallest absolute Gasteiger partial charge is 0.261 e. The van der Waals surface area contributed by atoms with Crippen LogP contribution in [0.3, 0.4) is 0 Å². The molecule has 0 saturated carbocycles. The summed E-state index contributed by atoms with van der Waals surface area (Å²) in [5.41, 5.74) is 3.69. The zero-order valence-electron chi connectivity index (χ0n) is 17.1. The van der Waals surface area contributed by atoms with Gasteiger partial charge in [-0.05, 0) is 49.2 Å². The summed E-state index contributed by atoms with van der Waals surface area (Å²) in [4.78, 5) is 26.4. The fraction of sp³-hybridized carbons (Fsp3) is 0.174. The predicted octanol–water partition coefficient (Wildman–Crippen LogP) is 4.89. The van der Waals surface area contributed by atoms with Gasteiger partial charge >= 0.3 is 0 Å². The highest BCUT2D eigenvalue weighted by Crippen LogP contribution is 2.29. The first kappa shape index (κ1) is 21.3. The molecule has 4 rings (SSSR count). The highest BCUT2D eigenvalue weighted by atomic mass is 79.9. The third-order valence-electron chi connectivity index (χ3n) is 4.88. The van der Waals surface area contributed by atoms with E-state index >= 15 is 0 Å². The molecule has 0 aliphatic heterocycles. The molecule has 2 amide bonds. The van der Waals surface area contributed by atoms with E-state index in [0.29, 0.717) is 11.4 Å². The molecule has 4 aromatic rings. The molecule has 0 radical (unpaired) electrons. The van der Waals surface area contributed by atoms with E-state index in [1.54, 1.807) is 0 Å². The standard InChI is InChI=1S/C23H21BrN4O2S/c1-14-10-17(24)8-9-19(14)26-21(29)12-25-22(30)20-11-18-15(2)27-28(23(18)31-20)13-16-6-4-3-5-7-16/h3-11H,12-13H2,1-2H3,(H,25,30)(H,26,29). The van der Waals surface area contributed by atoms with Crippen LogP contribution in [0.2, 0.25) is 0 Å². The highest BCUT2D eigenvalue weighted by molar-refractivity contribution is 9.10. The fourth-order valence-corrected chi connectivity index (χ4v) is 4.85. The second-order valence-corrected chi connectivity index (χ2v) is 9.19. The van der Waals surface area contributed by atoms with Crippen LogP contribution in [0.1, 0.15) is 26.5 Å². The highest BCUT2D eigenvalue weighted by Gasteiger charge is 2.17. The average molecular weight is 497 g/mol. The molecule has 0 atom stereocenters. The lowest BCUT2D eigenvalue weighted by atomic mass is 10.2. The topological polar surface area (TPSA) is 76.0 Å². The molecule has 0 aliphatic carbocycles. The number of aromatic nitrogens is 2. The number of carbonyl (C=O) groups excluding carboxylic acids is 2. The number of benzene rings is 2. The lowest BCUT2D eigenvalue weighted by Gasteiger charge is -2.09. The van der Waals surface area contributed by atoms with Gasteiger partial charge in [0.15, 0.2) is 0 Å². The van der Waals surface area contributed by atoms with E-state index in [-0.39, 0.29) is 18.4 Å². The Labute approximate surface area is 192 Å². The van der Waals surface area contributed by atoms with Gasteiger partial charge in [0.2, 0.25) is 5.91 Å². The number of hydrogen-bond acceptors (Lipinski definition) is 4. The normalized spacial score (nSPS) is 10.9. The number of thiophene rings is 1. The molecule has 0 unspecified atom stereocenters. The summed E-state index contributed by atoms with van der Waals surface area (Å²) in [6.07, 6.45) is 0. The number of nitrogens with zero attached hydrogens (tertiary/aromatic N) is 2. The molecule has 0 saturated heterocycles. The zero-order valence-corrected chi connectivity index (χ0v) is 19.5. The summed E-state index contributed by atoms with van der Waals surface area (Å²) in [7, 11) is 0. The summed E-state index contributed by atoms with van der Waals surface area (Å²) in [5, 5.41) is 11.1. The van der Waals surface area contributed by atoms with Crippen molar-refractivity contribution >= 4 is 55.0 Å². The molecule has 2 N–H and O–H groups in total. The van der Waals surface area contributed by atoms with Crippen molar-refractivity contribution in [3.05, 3.63) is 80.8 Å². The van der Waals surface area contributed by atoms with Gasteiger partial charge in [0, 0.05) is 15.5 Å². The maximum Gasteiger partial charge on any atom is 0.261 e. The number of halogens is 1. The van der Waals surface area contributed by atoms with Gasteiger partial charge in [-0.3, -0.25) is 14.3 Å². The van der Waals surface area contributed by atoms with Crippen LogP contribution in [0.15, 0.2) is 59.1 Å². The summed E-state index contributed by atoms with van der Waals surface area (Å²) in [6, 6.07) is 17.5. The molecule has 0 bridgehead atoms. The van der Waals surface area contributed by atoms with Crippen LogP contribution in [0.5, 0.6) is 0 Å². The van der Waals surface area contributed by atoms with Crippen LogP contribution in [0, 0.1) is 13.8 Å². The maximum atomic E-state index is 12.6. The Bertz CT molecular complexity index is 1260. The summed E-state index contributed by atoms with van der Waals surface area (Å²) < 4.78 is 2.87. The van der Waals surface area contributed by atoms with Crippen molar-refractivity contribution in [3.8, 4) is 0 Å². The van der Waals surface area contributed by atoms with E-state index in [1.165, 1.54) is 11.3 Å². The van der Waals surface area contributed by atoms with Gasteiger partial charge in [-0.2, -0.15) is 5.10 Å². The molecule has 2 aromatic heterocycles. The first-order chi connectivity index (χ1) is 14.9. The number of fused-ring (bicyclic) bond motifs is 1. The minimum Gasteiger partial charge on any atom is -0.342 e. The second-order valence-electron chi connectivity index (χ2n) is 7.25. The summed E-state index contributed by atoms with van der Waals surface area (Å²) >= 11 is 4.79. The quantitative estimate of drug-likeness (QED) is 0.398. The van der Waals surface area contributed by atoms with E-state index < -0.39 is 0 Å². The summed E-state index contributed by atoms with van der Waals surface area (Å²) in [6.45, 7) is 4.39. The Balaban J connectivity index is 1.43. The Morgan fingerprint density at radius 3 is 2.61 bits per heavy atom. The van der Waals surface area contributed by atoms with Gasteiger partial charge < -0.3 is 10.6 Å². The van der Waals surface area contributed by atoms with E-state index in [4.69, 9.17) is 0 Å². The van der Waals surface area contributed by atoms with Gasteiger partial charge in [-0.1, -0.05) is 46.3 Å². The number of carbonyl (C=O) groups is 2.